The summed E-state index contributed by atoms with van der Waals surface area (Å²) < 4.78 is 76.9. The van der Waals surface area contributed by atoms with Crippen LogP contribution in [0.1, 0.15) is 27.2 Å². The molecule has 0 fully saturated rings. The molecule has 0 atom stereocenters. The highest BCUT2D eigenvalue weighted by Crippen LogP contribution is 2.36. The Labute approximate surface area is 128 Å². The van der Waals surface area contributed by atoms with Crippen molar-refractivity contribution < 1.29 is 36.2 Å². The number of carboxylic acid groups (broad SMARTS) is 1. The van der Waals surface area contributed by atoms with Gasteiger partial charge in [-0.1, -0.05) is 0 Å². The fourth-order valence-electron chi connectivity index (χ4n) is 1.87. The summed E-state index contributed by atoms with van der Waals surface area (Å²) in [5.74, 6) is -1.69. The van der Waals surface area contributed by atoms with Crippen molar-refractivity contribution >= 4 is 5.97 Å². The zero-order valence-corrected chi connectivity index (χ0v) is 11.4. The number of hydrogen-bond donors (Lipinski definition) is 2. The van der Waals surface area contributed by atoms with Crippen LogP contribution in [0.5, 0.6) is 0 Å². The van der Waals surface area contributed by atoms with Crippen LogP contribution in [0.3, 0.4) is 0 Å². The Balaban J connectivity index is 2.50. The quantitative estimate of drug-likeness (QED) is 0.828. The van der Waals surface area contributed by atoms with Crippen molar-refractivity contribution in [2.24, 2.45) is 0 Å². The van der Waals surface area contributed by atoms with Crippen molar-refractivity contribution in [2.75, 3.05) is 0 Å². The van der Waals surface area contributed by atoms with Gasteiger partial charge in [-0.15, -0.1) is 5.10 Å². The van der Waals surface area contributed by atoms with Gasteiger partial charge in [0.05, 0.1) is 17.7 Å². The van der Waals surface area contributed by atoms with E-state index in [0.29, 0.717) is 16.8 Å². The molecule has 24 heavy (non-hydrogen) atoms. The Morgan fingerprint density at radius 1 is 1.08 bits per heavy atom. The van der Waals surface area contributed by atoms with Gasteiger partial charge >= 0.3 is 23.9 Å². The normalized spacial score (nSPS) is 12.4. The van der Waals surface area contributed by atoms with Crippen LogP contribution in [0.2, 0.25) is 0 Å². The van der Waals surface area contributed by atoms with Gasteiger partial charge in [-0.2, -0.15) is 26.3 Å². The third-order valence-corrected chi connectivity index (χ3v) is 2.92. The lowest BCUT2D eigenvalue weighted by Crippen LogP contribution is -2.22. The minimum Gasteiger partial charge on any atom is -0.476 e. The van der Waals surface area contributed by atoms with Gasteiger partial charge in [-0.3, -0.25) is 4.79 Å². The topological polar surface area (TPSA) is 88.0 Å². The molecule has 0 saturated heterocycles. The Morgan fingerprint density at radius 2 is 1.58 bits per heavy atom. The highest BCUT2D eigenvalue weighted by atomic mass is 19.4. The van der Waals surface area contributed by atoms with Crippen LogP contribution in [0.4, 0.5) is 26.3 Å². The SMILES string of the molecule is O=C(O)c1n[nH]n(Cc2cc(C(F)(F)F)cc(C(F)(F)F)c2)c1=O. The van der Waals surface area contributed by atoms with E-state index in [1.807, 2.05) is 5.21 Å². The number of nitrogens with one attached hydrogen (secondary N) is 1. The van der Waals surface area contributed by atoms with Gasteiger partial charge < -0.3 is 5.11 Å². The molecule has 2 aromatic rings. The summed E-state index contributed by atoms with van der Waals surface area (Å²) in [5, 5.41) is 13.7. The molecule has 130 valence electrons. The van der Waals surface area contributed by atoms with E-state index in [1.54, 1.807) is 0 Å². The van der Waals surface area contributed by atoms with Crippen molar-refractivity contribution in [2.45, 2.75) is 18.9 Å². The molecule has 12 heteroatoms. The van der Waals surface area contributed by atoms with Gasteiger partial charge in [0.2, 0.25) is 5.69 Å². The Hall–Kier alpha value is -2.79. The number of H-pyrrole nitrogens is 1. The standard InChI is InChI=1S/C12H7F6N3O3/c13-11(14,15)6-1-5(2-7(3-6)12(16,17)18)4-21-9(22)8(10(23)24)19-20-21/h1-3,20H,4H2,(H,23,24). The Morgan fingerprint density at radius 3 is 1.96 bits per heavy atom. The van der Waals surface area contributed by atoms with Crippen LogP contribution in [0, 0.1) is 0 Å². The summed E-state index contributed by atoms with van der Waals surface area (Å²) >= 11 is 0. The molecule has 0 aliphatic heterocycles. The molecule has 0 aliphatic carbocycles. The highest BCUT2D eigenvalue weighted by Gasteiger charge is 2.37. The molecule has 1 aromatic heterocycles. The number of alkyl halides is 6. The van der Waals surface area contributed by atoms with Crippen LogP contribution >= 0.6 is 0 Å². The molecule has 2 N–H and O–H groups in total. The first-order valence-electron chi connectivity index (χ1n) is 6.06. The minimum absolute atomic E-state index is 0.0537. The molecule has 2 rings (SSSR count). The molecule has 1 heterocycles. The van der Waals surface area contributed by atoms with E-state index in [2.05, 4.69) is 5.10 Å². The van der Waals surface area contributed by atoms with Crippen molar-refractivity contribution in [1.29, 1.82) is 0 Å². The lowest BCUT2D eigenvalue weighted by molar-refractivity contribution is -0.143. The summed E-state index contributed by atoms with van der Waals surface area (Å²) in [5.41, 5.74) is -5.71. The van der Waals surface area contributed by atoms with Gasteiger partial charge in [0, 0.05) is 0 Å². The van der Waals surface area contributed by atoms with Crippen LogP contribution in [-0.4, -0.2) is 26.1 Å². The van der Waals surface area contributed by atoms with E-state index in [9.17, 15) is 35.9 Å². The fourth-order valence-corrected chi connectivity index (χ4v) is 1.87. The van der Waals surface area contributed by atoms with E-state index in [0.717, 1.165) is 0 Å². The molecule has 0 unspecified atom stereocenters. The Kier molecular flexibility index (Phi) is 4.16. The third-order valence-electron chi connectivity index (χ3n) is 2.92. The maximum atomic E-state index is 12.7. The Bertz CT molecular complexity index is 802. The van der Waals surface area contributed by atoms with E-state index in [4.69, 9.17) is 5.11 Å². The second-order valence-corrected chi connectivity index (χ2v) is 4.67. The number of halogens is 6. The van der Waals surface area contributed by atoms with Gasteiger partial charge in [0.15, 0.2) is 0 Å². The molecular weight excluding hydrogens is 348 g/mol. The van der Waals surface area contributed by atoms with E-state index in [-0.39, 0.29) is 6.07 Å². The number of nitrogens with zero attached hydrogens (tertiary/aromatic N) is 2. The van der Waals surface area contributed by atoms with E-state index < -0.39 is 52.8 Å². The molecule has 0 spiro atoms. The summed E-state index contributed by atoms with van der Waals surface area (Å²) in [6.07, 6.45) is -10.1. The molecule has 0 radical (unpaired) electrons. The molecule has 0 amide bonds. The maximum absolute atomic E-state index is 12.7. The predicted molar refractivity (Wildman–Crippen MR) is 65.4 cm³/mol. The zero-order chi connectivity index (χ0) is 18.3. The molecule has 0 aliphatic rings. The van der Waals surface area contributed by atoms with Gasteiger partial charge in [-0.05, 0) is 23.8 Å². The van der Waals surface area contributed by atoms with Crippen molar-refractivity contribution in [3.05, 3.63) is 50.9 Å². The summed E-state index contributed by atoms with van der Waals surface area (Å²) in [7, 11) is 0. The minimum atomic E-state index is -5.03. The molecule has 1 aromatic carbocycles. The fraction of sp³-hybridized carbons (Fsp3) is 0.250. The van der Waals surface area contributed by atoms with Crippen LogP contribution < -0.4 is 5.56 Å². The van der Waals surface area contributed by atoms with Gasteiger partial charge in [0.1, 0.15) is 0 Å². The molecule has 6 nitrogen and oxygen atoms in total. The lowest BCUT2D eigenvalue weighted by atomic mass is 10.0. The number of benzene rings is 1. The zero-order valence-electron chi connectivity index (χ0n) is 11.4. The van der Waals surface area contributed by atoms with Crippen LogP contribution in [-0.2, 0) is 18.9 Å². The number of aromatic amines is 1. The van der Waals surface area contributed by atoms with Crippen LogP contribution in [0.25, 0.3) is 0 Å². The molecular formula is C12H7F6N3O3. The first kappa shape index (κ1) is 17.6. The van der Waals surface area contributed by atoms with Gasteiger partial charge in [0.25, 0.3) is 0 Å². The average Bonchev–Trinajstić information content (AvgIpc) is 2.78. The summed E-state index contributed by atoms with van der Waals surface area (Å²) in [6, 6.07) is 0.813. The largest absolute Gasteiger partial charge is 0.476 e. The second-order valence-electron chi connectivity index (χ2n) is 4.67. The van der Waals surface area contributed by atoms with E-state index >= 15 is 0 Å². The van der Waals surface area contributed by atoms with Crippen LogP contribution in [0.15, 0.2) is 23.0 Å². The molecule has 0 bridgehead atoms. The number of hydrogen-bond acceptors (Lipinski definition) is 3. The highest BCUT2D eigenvalue weighted by molar-refractivity contribution is 5.84. The number of carbonyl (C=O) groups is 1. The number of rotatable bonds is 3. The third kappa shape index (κ3) is 3.58. The summed E-state index contributed by atoms with van der Waals surface area (Å²) in [6.45, 7) is -0.744. The average molecular weight is 355 g/mol. The summed E-state index contributed by atoms with van der Waals surface area (Å²) in [4.78, 5) is 22.3. The van der Waals surface area contributed by atoms with Crippen molar-refractivity contribution in [1.82, 2.24) is 15.0 Å². The smallest absolute Gasteiger partial charge is 0.416 e. The number of aromatic carboxylic acids is 1. The predicted octanol–water partition coefficient (Wildman–Crippen LogP) is 2.36. The van der Waals surface area contributed by atoms with Gasteiger partial charge in [-0.25, -0.2) is 14.7 Å². The molecule has 0 saturated carbocycles. The first-order valence-corrected chi connectivity index (χ1v) is 6.06. The maximum Gasteiger partial charge on any atom is 0.416 e. The second kappa shape index (κ2) is 5.69. The monoisotopic (exact) mass is 355 g/mol. The lowest BCUT2D eigenvalue weighted by Gasteiger charge is -2.14. The first-order chi connectivity index (χ1) is 10.9. The van der Waals surface area contributed by atoms with Crippen molar-refractivity contribution in [3.8, 4) is 0 Å². The number of carboxylic acids is 1. The van der Waals surface area contributed by atoms with E-state index in [1.165, 1.54) is 0 Å². The number of aromatic nitrogens is 3. The van der Waals surface area contributed by atoms with Crippen molar-refractivity contribution in [3.63, 3.8) is 0 Å².